The van der Waals surface area contributed by atoms with E-state index in [2.05, 4.69) is 15.1 Å². The zero-order valence-corrected chi connectivity index (χ0v) is 8.28. The molecule has 0 aliphatic carbocycles. The van der Waals surface area contributed by atoms with Crippen LogP contribution >= 0.6 is 11.3 Å². The quantitative estimate of drug-likeness (QED) is 0.630. The van der Waals surface area contributed by atoms with Crippen LogP contribution in [-0.4, -0.2) is 19.6 Å². The minimum Gasteiger partial charge on any atom is -0.251 e. The third-order valence-electron chi connectivity index (χ3n) is 1.98. The average molecular weight is 220 g/mol. The molecule has 15 heavy (non-hydrogen) atoms. The van der Waals surface area contributed by atoms with E-state index in [1.54, 1.807) is 22.3 Å². The standard InChI is InChI=1S/C9H5FN4S/c10-6-1-2-7(11-3-6)8-4-14-9(13-8)15-5-12-14/h1-5H. The molecule has 0 aliphatic heterocycles. The van der Waals surface area contributed by atoms with Gasteiger partial charge in [0.25, 0.3) is 0 Å². The first-order valence-corrected chi connectivity index (χ1v) is 5.12. The van der Waals surface area contributed by atoms with Crippen LogP contribution in [0.4, 0.5) is 4.39 Å². The molecule has 74 valence electrons. The Balaban J connectivity index is 2.13. The summed E-state index contributed by atoms with van der Waals surface area (Å²) in [5.41, 5.74) is 3.06. The Kier molecular flexibility index (Phi) is 1.75. The first-order chi connectivity index (χ1) is 7.33. The second-order valence-electron chi connectivity index (χ2n) is 2.95. The molecule has 3 aromatic heterocycles. The van der Waals surface area contributed by atoms with E-state index in [0.717, 1.165) is 4.96 Å². The van der Waals surface area contributed by atoms with Gasteiger partial charge in [0.2, 0.25) is 4.96 Å². The van der Waals surface area contributed by atoms with E-state index in [1.807, 2.05) is 0 Å². The van der Waals surface area contributed by atoms with Crippen molar-refractivity contribution in [3.63, 3.8) is 0 Å². The normalized spacial score (nSPS) is 11.0. The van der Waals surface area contributed by atoms with Gasteiger partial charge < -0.3 is 0 Å². The Morgan fingerprint density at radius 1 is 1.27 bits per heavy atom. The number of halogens is 1. The summed E-state index contributed by atoms with van der Waals surface area (Å²) in [4.78, 5) is 9.06. The first-order valence-electron chi connectivity index (χ1n) is 4.24. The zero-order chi connectivity index (χ0) is 10.3. The van der Waals surface area contributed by atoms with Crippen molar-refractivity contribution >= 4 is 16.3 Å². The van der Waals surface area contributed by atoms with Crippen LogP contribution < -0.4 is 0 Å². The molecule has 0 aliphatic rings. The highest BCUT2D eigenvalue weighted by atomic mass is 32.1. The average Bonchev–Trinajstić information content (AvgIpc) is 2.78. The molecule has 3 heterocycles. The lowest BCUT2D eigenvalue weighted by atomic mass is 10.3. The van der Waals surface area contributed by atoms with Crippen LogP contribution in [-0.2, 0) is 0 Å². The van der Waals surface area contributed by atoms with Crippen molar-refractivity contribution in [3.8, 4) is 11.4 Å². The predicted octanol–water partition coefficient (Wildman–Crippen LogP) is 1.99. The highest BCUT2D eigenvalue weighted by Crippen LogP contribution is 2.18. The van der Waals surface area contributed by atoms with Crippen molar-refractivity contribution in [3.05, 3.63) is 35.9 Å². The molecule has 0 saturated heterocycles. The molecule has 3 rings (SSSR count). The number of nitrogens with zero attached hydrogens (tertiary/aromatic N) is 4. The lowest BCUT2D eigenvalue weighted by Crippen LogP contribution is -1.84. The zero-order valence-electron chi connectivity index (χ0n) is 7.46. The van der Waals surface area contributed by atoms with Crippen LogP contribution in [0.2, 0.25) is 0 Å². The number of hydrogen-bond donors (Lipinski definition) is 0. The third-order valence-corrected chi connectivity index (χ3v) is 2.66. The van der Waals surface area contributed by atoms with Gasteiger partial charge in [-0.15, -0.1) is 0 Å². The number of hydrogen-bond acceptors (Lipinski definition) is 4. The van der Waals surface area contributed by atoms with Gasteiger partial charge in [0.1, 0.15) is 17.0 Å². The number of fused-ring (bicyclic) bond motifs is 1. The first kappa shape index (κ1) is 8.49. The van der Waals surface area contributed by atoms with Gasteiger partial charge in [0.15, 0.2) is 0 Å². The van der Waals surface area contributed by atoms with E-state index >= 15 is 0 Å². The Morgan fingerprint density at radius 2 is 2.20 bits per heavy atom. The largest absolute Gasteiger partial charge is 0.251 e. The van der Waals surface area contributed by atoms with Crippen molar-refractivity contribution in [2.75, 3.05) is 0 Å². The van der Waals surface area contributed by atoms with Gasteiger partial charge in [0, 0.05) is 0 Å². The number of imidazole rings is 1. The van der Waals surface area contributed by atoms with E-state index in [-0.39, 0.29) is 5.82 Å². The maximum Gasteiger partial charge on any atom is 0.212 e. The monoisotopic (exact) mass is 220 g/mol. The summed E-state index contributed by atoms with van der Waals surface area (Å²) in [7, 11) is 0. The fourth-order valence-corrected chi connectivity index (χ4v) is 1.89. The lowest BCUT2D eigenvalue weighted by molar-refractivity contribution is 0.622. The lowest BCUT2D eigenvalue weighted by Gasteiger charge is -1.93. The highest BCUT2D eigenvalue weighted by Gasteiger charge is 2.06. The van der Waals surface area contributed by atoms with E-state index in [0.29, 0.717) is 11.4 Å². The molecule has 0 unspecified atom stereocenters. The fraction of sp³-hybridized carbons (Fsp3) is 0. The Morgan fingerprint density at radius 3 is 2.93 bits per heavy atom. The van der Waals surface area contributed by atoms with Crippen LogP contribution in [0.5, 0.6) is 0 Å². The van der Waals surface area contributed by atoms with Crippen molar-refractivity contribution in [2.24, 2.45) is 0 Å². The van der Waals surface area contributed by atoms with Gasteiger partial charge in [-0.25, -0.2) is 13.9 Å². The summed E-state index contributed by atoms with van der Waals surface area (Å²) in [5.74, 6) is -0.349. The molecule has 0 amide bonds. The second-order valence-corrected chi connectivity index (χ2v) is 3.77. The molecule has 0 fully saturated rings. The van der Waals surface area contributed by atoms with Gasteiger partial charge in [-0.2, -0.15) is 5.10 Å². The smallest absolute Gasteiger partial charge is 0.212 e. The van der Waals surface area contributed by atoms with Crippen molar-refractivity contribution < 1.29 is 4.39 Å². The molecule has 4 nitrogen and oxygen atoms in total. The number of pyridine rings is 1. The molecule has 0 saturated carbocycles. The van der Waals surface area contributed by atoms with Crippen LogP contribution in [0.15, 0.2) is 30.0 Å². The maximum atomic E-state index is 12.6. The van der Waals surface area contributed by atoms with E-state index < -0.39 is 0 Å². The van der Waals surface area contributed by atoms with Gasteiger partial charge in [-0.05, 0) is 12.1 Å². The van der Waals surface area contributed by atoms with Gasteiger partial charge in [-0.3, -0.25) is 4.98 Å². The van der Waals surface area contributed by atoms with E-state index in [1.165, 1.54) is 23.6 Å². The number of aromatic nitrogens is 4. The van der Waals surface area contributed by atoms with Crippen LogP contribution in [0.3, 0.4) is 0 Å². The molecule has 0 spiro atoms. The molecule has 3 aromatic rings. The molecule has 0 N–H and O–H groups in total. The SMILES string of the molecule is Fc1ccc(-c2cn3ncsc3n2)nc1. The van der Waals surface area contributed by atoms with Crippen molar-refractivity contribution in [1.82, 2.24) is 19.6 Å². The molecule has 0 aromatic carbocycles. The molecular formula is C9H5FN4S. The highest BCUT2D eigenvalue weighted by molar-refractivity contribution is 7.14. The molecule has 0 radical (unpaired) electrons. The van der Waals surface area contributed by atoms with Crippen molar-refractivity contribution in [2.45, 2.75) is 0 Å². The minimum absolute atomic E-state index is 0.349. The third kappa shape index (κ3) is 1.39. The summed E-state index contributed by atoms with van der Waals surface area (Å²) in [6.07, 6.45) is 2.95. The summed E-state index contributed by atoms with van der Waals surface area (Å²) in [6, 6.07) is 2.96. The van der Waals surface area contributed by atoms with Crippen LogP contribution in [0, 0.1) is 5.82 Å². The Labute approximate surface area is 88.0 Å². The molecule has 0 atom stereocenters. The van der Waals surface area contributed by atoms with E-state index in [9.17, 15) is 4.39 Å². The second kappa shape index (κ2) is 3.09. The summed E-state index contributed by atoms with van der Waals surface area (Å²) in [6.45, 7) is 0. The van der Waals surface area contributed by atoms with E-state index in [4.69, 9.17) is 0 Å². The van der Waals surface area contributed by atoms with Gasteiger partial charge in [-0.1, -0.05) is 11.3 Å². The van der Waals surface area contributed by atoms with Crippen molar-refractivity contribution in [1.29, 1.82) is 0 Å². The molecule has 0 bridgehead atoms. The minimum atomic E-state index is -0.349. The fourth-order valence-electron chi connectivity index (χ4n) is 1.29. The predicted molar refractivity (Wildman–Crippen MR) is 54.1 cm³/mol. The topological polar surface area (TPSA) is 43.1 Å². The maximum absolute atomic E-state index is 12.6. The van der Waals surface area contributed by atoms with Gasteiger partial charge >= 0.3 is 0 Å². The van der Waals surface area contributed by atoms with Crippen LogP contribution in [0.1, 0.15) is 0 Å². The summed E-state index contributed by atoms with van der Waals surface area (Å²) < 4.78 is 14.3. The van der Waals surface area contributed by atoms with Crippen LogP contribution in [0.25, 0.3) is 16.3 Å². The Hall–Kier alpha value is -1.82. The van der Waals surface area contributed by atoms with Gasteiger partial charge in [0.05, 0.1) is 18.1 Å². The molecular weight excluding hydrogens is 215 g/mol. The summed E-state index contributed by atoms with van der Waals surface area (Å²) >= 11 is 1.44. The molecule has 6 heteroatoms. The Bertz CT molecular complexity index is 569. The summed E-state index contributed by atoms with van der Waals surface area (Å²) in [5, 5.41) is 4.05. The number of rotatable bonds is 1.